The predicted molar refractivity (Wildman–Crippen MR) is 62.0 cm³/mol. The van der Waals surface area contributed by atoms with Gasteiger partial charge in [-0.2, -0.15) is 0 Å². The Morgan fingerprint density at radius 3 is 2.94 bits per heavy atom. The van der Waals surface area contributed by atoms with E-state index in [9.17, 15) is 9.59 Å². The smallest absolute Gasteiger partial charge is 0.434 e. The van der Waals surface area contributed by atoms with E-state index < -0.39 is 11.7 Å². The highest BCUT2D eigenvalue weighted by molar-refractivity contribution is 5.63. The number of carbonyl (C=O) groups excluding carboxylic acids is 1. The first-order valence-corrected chi connectivity index (χ1v) is 5.54. The lowest BCUT2D eigenvalue weighted by Gasteiger charge is -2.03. The van der Waals surface area contributed by atoms with Crippen molar-refractivity contribution in [1.29, 1.82) is 0 Å². The molecule has 0 saturated carbocycles. The van der Waals surface area contributed by atoms with Gasteiger partial charge in [0, 0.05) is 6.20 Å². The fourth-order valence-electron chi connectivity index (χ4n) is 1.14. The van der Waals surface area contributed by atoms with E-state index in [2.05, 4.69) is 11.9 Å². The van der Waals surface area contributed by atoms with Gasteiger partial charge in [0.1, 0.15) is 0 Å². The topological polar surface area (TPSA) is 65.5 Å². The molecule has 1 heterocycles. The molecule has 0 bridgehead atoms. The minimum atomic E-state index is -0.869. The molecule has 0 unspecified atom stereocenters. The van der Waals surface area contributed by atoms with Gasteiger partial charge in [-0.05, 0) is 18.6 Å². The van der Waals surface area contributed by atoms with Crippen LogP contribution >= 0.6 is 0 Å². The molecule has 0 radical (unpaired) electrons. The van der Waals surface area contributed by atoms with Crippen molar-refractivity contribution in [3.63, 3.8) is 0 Å². The van der Waals surface area contributed by atoms with Gasteiger partial charge in [-0.25, -0.2) is 9.78 Å². The minimum Gasteiger partial charge on any atom is -0.434 e. The predicted octanol–water partition coefficient (Wildman–Crippen LogP) is 2.15. The molecule has 0 aliphatic carbocycles. The van der Waals surface area contributed by atoms with Gasteiger partial charge in [-0.1, -0.05) is 25.8 Å². The molecule has 0 spiro atoms. The Labute approximate surface area is 99.4 Å². The van der Waals surface area contributed by atoms with Crippen molar-refractivity contribution in [3.05, 3.63) is 34.7 Å². The van der Waals surface area contributed by atoms with E-state index in [0.29, 0.717) is 6.61 Å². The van der Waals surface area contributed by atoms with Gasteiger partial charge in [0.05, 0.1) is 6.61 Å². The summed E-state index contributed by atoms with van der Waals surface area (Å²) in [5.74, 6) is -0.129. The molecule has 0 aromatic carbocycles. The van der Waals surface area contributed by atoms with Crippen LogP contribution in [0.3, 0.4) is 0 Å². The van der Waals surface area contributed by atoms with Crippen molar-refractivity contribution < 1.29 is 14.3 Å². The number of hydrogen-bond donors (Lipinski definition) is 0. The van der Waals surface area contributed by atoms with Crippen molar-refractivity contribution in [2.24, 2.45) is 0 Å². The fraction of sp³-hybridized carbons (Fsp3) is 0.417. The van der Waals surface area contributed by atoms with E-state index in [1.54, 1.807) is 12.1 Å². The van der Waals surface area contributed by atoms with Crippen LogP contribution in [-0.2, 0) is 4.74 Å². The van der Waals surface area contributed by atoms with E-state index in [1.807, 2.05) is 0 Å². The van der Waals surface area contributed by atoms with Gasteiger partial charge < -0.3 is 9.47 Å². The highest BCUT2D eigenvalue weighted by Crippen LogP contribution is 2.02. The van der Waals surface area contributed by atoms with Gasteiger partial charge in [0.15, 0.2) is 0 Å². The van der Waals surface area contributed by atoms with Crippen LogP contribution in [0, 0.1) is 0 Å². The summed E-state index contributed by atoms with van der Waals surface area (Å²) in [6.45, 7) is 2.35. The quantitative estimate of drug-likeness (QED) is 0.580. The molecule has 1 rings (SSSR count). The van der Waals surface area contributed by atoms with Crippen molar-refractivity contribution in [2.45, 2.75) is 26.2 Å². The van der Waals surface area contributed by atoms with E-state index in [1.165, 1.54) is 12.3 Å². The van der Waals surface area contributed by atoms with Crippen molar-refractivity contribution in [3.8, 4) is 5.75 Å². The third kappa shape index (κ3) is 5.10. The summed E-state index contributed by atoms with van der Waals surface area (Å²) in [5.41, 5.74) is -0.597. The third-order valence-electron chi connectivity index (χ3n) is 2.01. The molecule has 1 aromatic rings. The number of rotatable bonds is 5. The fourth-order valence-corrected chi connectivity index (χ4v) is 1.14. The highest BCUT2D eigenvalue weighted by atomic mass is 16.7. The normalized spacial score (nSPS) is 9.71. The first kappa shape index (κ1) is 13.2. The Morgan fingerprint density at radius 1 is 1.35 bits per heavy atom. The first-order valence-electron chi connectivity index (χ1n) is 5.54. The number of unbranched alkanes of at least 4 members (excludes halogenated alkanes) is 2. The van der Waals surface area contributed by atoms with Crippen LogP contribution in [0.25, 0.3) is 0 Å². The molecule has 92 valence electrons. The molecule has 5 nitrogen and oxygen atoms in total. The lowest BCUT2D eigenvalue weighted by Crippen LogP contribution is -2.16. The molecule has 0 saturated heterocycles. The Balaban J connectivity index is 2.46. The van der Waals surface area contributed by atoms with Crippen LogP contribution in [0.15, 0.2) is 29.2 Å². The Morgan fingerprint density at radius 2 is 2.18 bits per heavy atom. The summed E-state index contributed by atoms with van der Waals surface area (Å²) in [6, 6.07) is 4.51. The molecule has 1 aromatic heterocycles. The molecule has 0 aliphatic rings. The van der Waals surface area contributed by atoms with Gasteiger partial charge >= 0.3 is 11.7 Å². The standard InChI is InChI=1S/C12H15NO4/c1-2-3-6-9-16-12(15)17-10-7-4-5-8-13-11(10)14/h4-5,7-8H,2-3,6,9H2,1H3. The molecule has 0 fully saturated rings. The Hall–Kier alpha value is -1.91. The largest absolute Gasteiger partial charge is 0.514 e. The highest BCUT2D eigenvalue weighted by Gasteiger charge is 2.08. The number of ether oxygens (including phenoxy) is 2. The van der Waals surface area contributed by atoms with Crippen LogP contribution < -0.4 is 10.3 Å². The number of nitrogens with zero attached hydrogens (tertiary/aromatic N) is 1. The zero-order chi connectivity index (χ0) is 12.5. The Bertz CT molecular complexity index is 419. The molecule has 17 heavy (non-hydrogen) atoms. The van der Waals surface area contributed by atoms with Gasteiger partial charge in [0.2, 0.25) is 5.75 Å². The van der Waals surface area contributed by atoms with Gasteiger partial charge in [-0.15, -0.1) is 0 Å². The summed E-state index contributed by atoms with van der Waals surface area (Å²) >= 11 is 0. The zero-order valence-electron chi connectivity index (χ0n) is 9.72. The van der Waals surface area contributed by atoms with Crippen LogP contribution in [0.5, 0.6) is 5.75 Å². The van der Waals surface area contributed by atoms with E-state index in [-0.39, 0.29) is 5.75 Å². The van der Waals surface area contributed by atoms with Crippen LogP contribution in [0.1, 0.15) is 26.2 Å². The maximum absolute atomic E-state index is 11.3. The van der Waals surface area contributed by atoms with Gasteiger partial charge in [-0.3, -0.25) is 4.79 Å². The van der Waals surface area contributed by atoms with Crippen LogP contribution in [0.4, 0.5) is 4.79 Å². The SMILES string of the molecule is CCCCCOC(=O)Oc1ccccnc1=O. The summed E-state index contributed by atoms with van der Waals surface area (Å²) < 4.78 is 9.56. The van der Waals surface area contributed by atoms with E-state index in [4.69, 9.17) is 9.47 Å². The van der Waals surface area contributed by atoms with Crippen molar-refractivity contribution >= 4 is 6.16 Å². The van der Waals surface area contributed by atoms with E-state index >= 15 is 0 Å². The molecular formula is C12H15NO4. The number of carbonyl (C=O) groups is 1. The van der Waals surface area contributed by atoms with Crippen molar-refractivity contribution in [2.75, 3.05) is 6.61 Å². The summed E-state index contributed by atoms with van der Waals surface area (Å²) in [6.07, 6.45) is 3.29. The van der Waals surface area contributed by atoms with E-state index in [0.717, 1.165) is 19.3 Å². The van der Waals surface area contributed by atoms with Crippen LogP contribution in [-0.4, -0.2) is 17.7 Å². The average molecular weight is 237 g/mol. The molecule has 0 atom stereocenters. The van der Waals surface area contributed by atoms with Crippen molar-refractivity contribution in [1.82, 2.24) is 4.98 Å². The van der Waals surface area contributed by atoms with Gasteiger partial charge in [0.25, 0.3) is 0 Å². The third-order valence-corrected chi connectivity index (χ3v) is 2.01. The summed E-state index contributed by atoms with van der Waals surface area (Å²) in [5, 5.41) is 0. The maximum Gasteiger partial charge on any atom is 0.514 e. The molecule has 0 aliphatic heterocycles. The number of aromatic nitrogens is 1. The molecular weight excluding hydrogens is 222 g/mol. The zero-order valence-corrected chi connectivity index (χ0v) is 9.72. The second-order valence-corrected chi connectivity index (χ2v) is 3.41. The second-order valence-electron chi connectivity index (χ2n) is 3.41. The monoisotopic (exact) mass is 237 g/mol. The summed E-state index contributed by atoms with van der Waals surface area (Å²) in [7, 11) is 0. The number of hydrogen-bond acceptors (Lipinski definition) is 5. The lowest BCUT2D eigenvalue weighted by molar-refractivity contribution is 0.0969. The first-order chi connectivity index (χ1) is 8.24. The maximum atomic E-state index is 11.3. The van der Waals surface area contributed by atoms with Crippen LogP contribution in [0.2, 0.25) is 0 Å². The lowest BCUT2D eigenvalue weighted by atomic mass is 10.3. The average Bonchev–Trinajstić information content (AvgIpc) is 2.51. The second kappa shape index (κ2) is 7.38. The summed E-state index contributed by atoms with van der Waals surface area (Å²) in [4.78, 5) is 26.0. The Kier molecular flexibility index (Phi) is 5.71. The molecule has 0 N–H and O–H groups in total. The minimum absolute atomic E-state index is 0.129. The molecule has 0 amide bonds. The molecule has 5 heteroatoms.